The smallest absolute Gasteiger partial charge is 0.189 e. The molecule has 0 aliphatic heterocycles. The van der Waals surface area contributed by atoms with Crippen LogP contribution in [-0.4, -0.2) is 22.7 Å². The number of phenolic OH excluding ortho intramolecular Hbond substituents is 1. The third kappa shape index (κ3) is 3.67. The number of hydrazine groups is 1. The largest absolute Gasteiger partial charge is 0.506 e. The first kappa shape index (κ1) is 14.7. The van der Waals surface area contributed by atoms with E-state index < -0.39 is 6.04 Å². The Bertz CT molecular complexity index is 641. The van der Waals surface area contributed by atoms with E-state index in [1.165, 1.54) is 13.0 Å². The number of nitrogens with one attached hydrogen (secondary N) is 2. The molecule has 1 unspecified atom stereocenters. The number of hydrogen-bond donors (Lipinski definition) is 3. The molecule has 0 saturated heterocycles. The second kappa shape index (κ2) is 6.67. The van der Waals surface area contributed by atoms with Crippen molar-refractivity contribution >= 4 is 17.3 Å². The molecule has 0 aromatic heterocycles. The molecule has 21 heavy (non-hydrogen) atoms. The van der Waals surface area contributed by atoms with Crippen molar-refractivity contribution in [1.82, 2.24) is 5.43 Å². The maximum absolute atomic E-state index is 12.3. The molecule has 2 aromatic rings. The van der Waals surface area contributed by atoms with Crippen molar-refractivity contribution in [1.29, 1.82) is 0 Å². The van der Waals surface area contributed by atoms with Crippen molar-refractivity contribution in [3.05, 3.63) is 60.2 Å². The van der Waals surface area contributed by atoms with E-state index in [1.807, 2.05) is 0 Å². The molecule has 0 fully saturated rings. The van der Waals surface area contributed by atoms with Gasteiger partial charge in [0.05, 0.1) is 5.69 Å². The summed E-state index contributed by atoms with van der Waals surface area (Å²) in [4.78, 5) is 24.0. The number of rotatable bonds is 6. The zero-order valence-electron chi connectivity index (χ0n) is 11.5. The van der Waals surface area contributed by atoms with Gasteiger partial charge in [0.25, 0.3) is 0 Å². The first-order chi connectivity index (χ1) is 10.1. The van der Waals surface area contributed by atoms with E-state index in [0.717, 1.165) is 0 Å². The predicted octanol–water partition coefficient (Wildman–Crippen LogP) is 2.15. The molecule has 0 amide bonds. The summed E-state index contributed by atoms with van der Waals surface area (Å²) in [5.41, 5.74) is 6.21. The third-order valence-corrected chi connectivity index (χ3v) is 2.98. The number of hydrogen-bond acceptors (Lipinski definition) is 5. The minimum atomic E-state index is -1.02. The highest BCUT2D eigenvalue weighted by atomic mass is 16.3. The van der Waals surface area contributed by atoms with Gasteiger partial charge >= 0.3 is 0 Å². The van der Waals surface area contributed by atoms with Crippen LogP contribution < -0.4 is 10.9 Å². The summed E-state index contributed by atoms with van der Waals surface area (Å²) in [6, 6.07) is 14.1. The Kier molecular flexibility index (Phi) is 4.68. The van der Waals surface area contributed by atoms with E-state index >= 15 is 0 Å². The molecule has 0 saturated carbocycles. The minimum Gasteiger partial charge on any atom is -0.506 e. The number of Topliss-reactive ketones (excluding diaryl/α,β-unsaturated/α-hetero) is 2. The second-order valence-corrected chi connectivity index (χ2v) is 4.56. The number of phenols is 1. The van der Waals surface area contributed by atoms with E-state index in [1.54, 1.807) is 48.5 Å². The van der Waals surface area contributed by atoms with Gasteiger partial charge in [-0.3, -0.25) is 9.59 Å². The predicted molar refractivity (Wildman–Crippen MR) is 80.1 cm³/mol. The van der Waals surface area contributed by atoms with Crippen LogP contribution in [0.4, 0.5) is 5.69 Å². The van der Waals surface area contributed by atoms with E-state index in [0.29, 0.717) is 11.3 Å². The van der Waals surface area contributed by atoms with Crippen molar-refractivity contribution in [2.45, 2.75) is 13.0 Å². The second-order valence-electron chi connectivity index (χ2n) is 4.56. The molecule has 108 valence electrons. The zero-order valence-corrected chi connectivity index (χ0v) is 11.5. The standard InChI is InChI=1S/C16H16N2O3/c1-11(19)15(16(21)12-7-3-2-4-8-12)18-17-13-9-5-6-10-14(13)20/h2-10,15,17-18,20H,1H3. The fourth-order valence-electron chi connectivity index (χ4n) is 1.85. The molecular formula is C16H16N2O3. The zero-order chi connectivity index (χ0) is 15.2. The van der Waals surface area contributed by atoms with Crippen LogP contribution in [-0.2, 0) is 4.79 Å². The van der Waals surface area contributed by atoms with Crippen LogP contribution in [0.2, 0.25) is 0 Å². The molecule has 1 atom stereocenters. The fraction of sp³-hybridized carbons (Fsp3) is 0.125. The van der Waals surface area contributed by atoms with Crippen LogP contribution in [0.3, 0.4) is 0 Å². The molecule has 5 nitrogen and oxygen atoms in total. The van der Waals surface area contributed by atoms with Gasteiger partial charge in [-0.1, -0.05) is 42.5 Å². The van der Waals surface area contributed by atoms with Crippen molar-refractivity contribution in [2.75, 3.05) is 5.43 Å². The van der Waals surface area contributed by atoms with E-state index in [4.69, 9.17) is 0 Å². The molecule has 0 spiro atoms. The number of aromatic hydroxyl groups is 1. The lowest BCUT2D eigenvalue weighted by atomic mass is 10.0. The van der Waals surface area contributed by atoms with Gasteiger partial charge < -0.3 is 10.5 Å². The van der Waals surface area contributed by atoms with Crippen LogP contribution in [0.5, 0.6) is 5.75 Å². The van der Waals surface area contributed by atoms with Crippen LogP contribution in [0.15, 0.2) is 54.6 Å². The van der Waals surface area contributed by atoms with Gasteiger partial charge in [0.1, 0.15) is 11.8 Å². The SMILES string of the molecule is CC(=O)C(NNc1ccccc1O)C(=O)c1ccccc1. The average molecular weight is 284 g/mol. The normalized spacial score (nSPS) is 11.7. The summed E-state index contributed by atoms with van der Waals surface area (Å²) < 4.78 is 0. The molecule has 3 N–H and O–H groups in total. The monoisotopic (exact) mass is 284 g/mol. The summed E-state index contributed by atoms with van der Waals surface area (Å²) in [6.45, 7) is 1.34. The Morgan fingerprint density at radius 2 is 1.62 bits per heavy atom. The van der Waals surface area contributed by atoms with Gasteiger partial charge in [0.2, 0.25) is 0 Å². The quantitative estimate of drug-likeness (QED) is 0.328. The summed E-state index contributed by atoms with van der Waals surface area (Å²) in [6.07, 6.45) is 0. The summed E-state index contributed by atoms with van der Waals surface area (Å²) in [7, 11) is 0. The number of benzene rings is 2. The van der Waals surface area contributed by atoms with Crippen LogP contribution in [0, 0.1) is 0 Å². The van der Waals surface area contributed by atoms with Gasteiger partial charge in [0, 0.05) is 5.56 Å². The van der Waals surface area contributed by atoms with Crippen LogP contribution in [0.1, 0.15) is 17.3 Å². The Morgan fingerprint density at radius 1 is 1.00 bits per heavy atom. The Hall–Kier alpha value is -2.66. The summed E-state index contributed by atoms with van der Waals surface area (Å²) in [5.74, 6) is -0.614. The summed E-state index contributed by atoms with van der Waals surface area (Å²) in [5, 5.41) is 9.65. The number of para-hydroxylation sites is 2. The molecule has 0 aliphatic carbocycles. The van der Waals surface area contributed by atoms with Gasteiger partial charge in [-0.25, -0.2) is 5.43 Å². The minimum absolute atomic E-state index is 0.0273. The molecule has 2 aromatic carbocycles. The van der Waals surface area contributed by atoms with E-state index in [2.05, 4.69) is 10.9 Å². The topological polar surface area (TPSA) is 78.4 Å². The highest BCUT2D eigenvalue weighted by Gasteiger charge is 2.24. The molecule has 2 rings (SSSR count). The van der Waals surface area contributed by atoms with Crippen molar-refractivity contribution < 1.29 is 14.7 Å². The molecule has 0 bridgehead atoms. The highest BCUT2D eigenvalue weighted by molar-refractivity contribution is 6.13. The number of ketones is 2. The number of anilines is 1. The lowest BCUT2D eigenvalue weighted by molar-refractivity contribution is -0.117. The van der Waals surface area contributed by atoms with Crippen molar-refractivity contribution in [3.63, 3.8) is 0 Å². The Morgan fingerprint density at radius 3 is 2.24 bits per heavy atom. The number of carbonyl (C=O) groups excluding carboxylic acids is 2. The Labute approximate surface area is 122 Å². The molecular weight excluding hydrogens is 268 g/mol. The van der Waals surface area contributed by atoms with Crippen molar-refractivity contribution in [3.8, 4) is 5.75 Å². The highest BCUT2D eigenvalue weighted by Crippen LogP contribution is 2.20. The summed E-state index contributed by atoms with van der Waals surface area (Å²) >= 11 is 0. The first-order valence-corrected chi connectivity index (χ1v) is 6.49. The molecule has 0 heterocycles. The van der Waals surface area contributed by atoms with Crippen molar-refractivity contribution in [2.24, 2.45) is 0 Å². The molecule has 5 heteroatoms. The maximum atomic E-state index is 12.3. The van der Waals surface area contributed by atoms with Gasteiger partial charge in [0.15, 0.2) is 11.6 Å². The Balaban J connectivity index is 2.12. The van der Waals surface area contributed by atoms with E-state index in [9.17, 15) is 14.7 Å². The average Bonchev–Trinajstić information content (AvgIpc) is 2.49. The van der Waals surface area contributed by atoms with Gasteiger partial charge in [-0.15, -0.1) is 0 Å². The van der Waals surface area contributed by atoms with E-state index in [-0.39, 0.29) is 17.3 Å². The molecule has 0 aliphatic rings. The number of carbonyl (C=O) groups is 2. The lowest BCUT2D eigenvalue weighted by Gasteiger charge is -2.17. The lowest BCUT2D eigenvalue weighted by Crippen LogP contribution is -2.45. The van der Waals surface area contributed by atoms with Crippen LogP contribution >= 0.6 is 0 Å². The first-order valence-electron chi connectivity index (χ1n) is 6.49. The van der Waals surface area contributed by atoms with Gasteiger partial charge in [-0.05, 0) is 19.1 Å². The fourth-order valence-corrected chi connectivity index (χ4v) is 1.85. The van der Waals surface area contributed by atoms with Gasteiger partial charge in [-0.2, -0.15) is 0 Å². The maximum Gasteiger partial charge on any atom is 0.189 e. The van der Waals surface area contributed by atoms with Crippen LogP contribution in [0.25, 0.3) is 0 Å². The molecule has 0 radical (unpaired) electrons. The third-order valence-electron chi connectivity index (χ3n) is 2.98.